The van der Waals surface area contributed by atoms with Gasteiger partial charge in [-0.2, -0.15) is 5.10 Å². The number of carbonyl (C=O) groups is 1. The van der Waals surface area contributed by atoms with Gasteiger partial charge in [-0.1, -0.05) is 42.5 Å². The molecule has 0 saturated carbocycles. The van der Waals surface area contributed by atoms with Crippen molar-refractivity contribution in [3.8, 4) is 0 Å². The number of hydrogen-bond donors (Lipinski definition) is 1. The molecule has 2 aromatic carbocycles. The minimum Gasteiger partial charge on any atom is -0.332 e. The second-order valence-electron chi connectivity index (χ2n) is 7.24. The van der Waals surface area contributed by atoms with Gasteiger partial charge >= 0.3 is 0 Å². The third kappa shape index (κ3) is 2.44. The molecule has 2 aliphatic heterocycles. The number of carbonyl (C=O) groups excluding carboxylic acids is 1. The molecule has 0 spiro atoms. The van der Waals surface area contributed by atoms with E-state index in [0.29, 0.717) is 12.5 Å². The van der Waals surface area contributed by atoms with Crippen LogP contribution in [0.4, 0.5) is 0 Å². The summed E-state index contributed by atoms with van der Waals surface area (Å²) >= 11 is 0. The molecule has 3 heterocycles. The van der Waals surface area contributed by atoms with E-state index >= 15 is 0 Å². The Labute approximate surface area is 146 Å². The van der Waals surface area contributed by atoms with Crippen LogP contribution in [0.5, 0.6) is 0 Å². The fourth-order valence-electron chi connectivity index (χ4n) is 4.55. The van der Waals surface area contributed by atoms with Crippen LogP contribution >= 0.6 is 0 Å². The number of benzene rings is 2. The zero-order chi connectivity index (χ0) is 16.8. The lowest BCUT2D eigenvalue weighted by Crippen LogP contribution is -2.41. The third-order valence-corrected chi connectivity index (χ3v) is 5.78. The molecule has 0 radical (unpaired) electrons. The molecular weight excluding hydrogens is 310 g/mol. The second-order valence-corrected chi connectivity index (χ2v) is 7.24. The minimum atomic E-state index is 0.233. The molecular formula is C21H21N3O. The van der Waals surface area contributed by atoms with Crippen LogP contribution in [0, 0.1) is 0 Å². The first kappa shape index (κ1) is 14.7. The van der Waals surface area contributed by atoms with Gasteiger partial charge in [0, 0.05) is 30.1 Å². The van der Waals surface area contributed by atoms with Crippen molar-refractivity contribution in [2.45, 2.75) is 44.2 Å². The van der Waals surface area contributed by atoms with Gasteiger partial charge in [-0.3, -0.25) is 9.89 Å². The number of amides is 1. The Bertz CT molecular complexity index is 945. The lowest BCUT2D eigenvalue weighted by molar-refractivity contribution is -0.134. The van der Waals surface area contributed by atoms with E-state index in [1.54, 1.807) is 0 Å². The summed E-state index contributed by atoms with van der Waals surface area (Å²) in [4.78, 5) is 15.1. The molecule has 4 heteroatoms. The van der Waals surface area contributed by atoms with E-state index in [1.165, 1.54) is 27.6 Å². The number of hydrogen-bond acceptors (Lipinski definition) is 2. The highest BCUT2D eigenvalue weighted by Crippen LogP contribution is 2.43. The Balaban J connectivity index is 1.32. The summed E-state index contributed by atoms with van der Waals surface area (Å²) in [5.74, 6) is 0.285. The molecule has 2 unspecified atom stereocenters. The summed E-state index contributed by atoms with van der Waals surface area (Å²) in [6.07, 6.45) is 6.39. The zero-order valence-corrected chi connectivity index (χ0v) is 14.1. The first-order chi connectivity index (χ1) is 12.3. The maximum atomic E-state index is 12.9. The van der Waals surface area contributed by atoms with E-state index in [2.05, 4.69) is 57.6 Å². The third-order valence-electron chi connectivity index (χ3n) is 5.78. The van der Waals surface area contributed by atoms with Gasteiger partial charge < -0.3 is 4.90 Å². The number of nitrogens with zero attached hydrogens (tertiary/aromatic N) is 2. The average molecular weight is 331 g/mol. The average Bonchev–Trinajstić information content (AvgIpc) is 3.24. The molecule has 1 amide bonds. The Morgan fingerprint density at radius 3 is 2.96 bits per heavy atom. The van der Waals surface area contributed by atoms with E-state index < -0.39 is 0 Å². The molecule has 2 bridgehead atoms. The van der Waals surface area contributed by atoms with Gasteiger partial charge in [-0.05, 0) is 35.6 Å². The van der Waals surface area contributed by atoms with Crippen molar-refractivity contribution in [2.75, 3.05) is 0 Å². The smallest absolute Gasteiger partial charge is 0.223 e. The second kappa shape index (κ2) is 5.73. The van der Waals surface area contributed by atoms with E-state index in [1.807, 2.05) is 6.20 Å². The molecule has 5 rings (SSSR count). The Morgan fingerprint density at radius 1 is 1.16 bits per heavy atom. The predicted octanol–water partition coefficient (Wildman–Crippen LogP) is 3.78. The van der Waals surface area contributed by atoms with E-state index in [-0.39, 0.29) is 11.9 Å². The first-order valence-electron chi connectivity index (χ1n) is 9.10. The molecule has 0 aliphatic carbocycles. The summed E-state index contributed by atoms with van der Waals surface area (Å²) in [7, 11) is 0. The summed E-state index contributed by atoms with van der Waals surface area (Å²) in [5.41, 5.74) is 3.69. The van der Waals surface area contributed by atoms with Crippen LogP contribution in [-0.2, 0) is 17.6 Å². The van der Waals surface area contributed by atoms with Gasteiger partial charge in [0.05, 0.1) is 12.2 Å². The fourth-order valence-corrected chi connectivity index (χ4v) is 4.55. The van der Waals surface area contributed by atoms with Crippen molar-refractivity contribution in [1.82, 2.24) is 15.1 Å². The van der Waals surface area contributed by atoms with Crippen LogP contribution in [0.25, 0.3) is 10.8 Å². The first-order valence-corrected chi connectivity index (χ1v) is 9.10. The molecule has 3 aromatic rings. The molecule has 4 nitrogen and oxygen atoms in total. The van der Waals surface area contributed by atoms with Crippen molar-refractivity contribution in [3.63, 3.8) is 0 Å². The van der Waals surface area contributed by atoms with Gasteiger partial charge in [0.25, 0.3) is 0 Å². The maximum Gasteiger partial charge on any atom is 0.223 e. The van der Waals surface area contributed by atoms with E-state index in [4.69, 9.17) is 0 Å². The highest BCUT2D eigenvalue weighted by Gasteiger charge is 2.42. The number of nitrogens with one attached hydrogen (secondary N) is 1. The van der Waals surface area contributed by atoms with Crippen LogP contribution in [0.3, 0.4) is 0 Å². The molecule has 1 aromatic heterocycles. The Hall–Kier alpha value is -2.62. The maximum absolute atomic E-state index is 12.9. The van der Waals surface area contributed by atoms with Gasteiger partial charge in [0.2, 0.25) is 5.91 Å². The topological polar surface area (TPSA) is 49.0 Å². The molecule has 25 heavy (non-hydrogen) atoms. The molecule has 1 saturated heterocycles. The van der Waals surface area contributed by atoms with Gasteiger partial charge in [0.15, 0.2) is 0 Å². The fraction of sp³-hybridized carbons (Fsp3) is 0.333. The molecule has 1 N–H and O–H groups in total. The molecule has 1 fully saturated rings. The van der Waals surface area contributed by atoms with Gasteiger partial charge in [-0.15, -0.1) is 0 Å². The lowest BCUT2D eigenvalue weighted by Gasteiger charge is -2.34. The van der Waals surface area contributed by atoms with Crippen molar-refractivity contribution < 1.29 is 4.79 Å². The summed E-state index contributed by atoms with van der Waals surface area (Å²) < 4.78 is 0. The quantitative estimate of drug-likeness (QED) is 0.794. The van der Waals surface area contributed by atoms with Crippen LogP contribution in [0.2, 0.25) is 0 Å². The number of aromatic nitrogens is 2. The van der Waals surface area contributed by atoms with Crippen LogP contribution in [-0.4, -0.2) is 27.0 Å². The van der Waals surface area contributed by atoms with Crippen LogP contribution < -0.4 is 0 Å². The van der Waals surface area contributed by atoms with Gasteiger partial charge in [-0.25, -0.2) is 0 Å². The van der Waals surface area contributed by atoms with Crippen molar-refractivity contribution >= 4 is 16.7 Å². The number of H-pyrrole nitrogens is 1. The van der Waals surface area contributed by atoms with Crippen molar-refractivity contribution in [1.29, 1.82) is 0 Å². The van der Waals surface area contributed by atoms with Crippen LogP contribution in [0.15, 0.2) is 48.7 Å². The SMILES string of the molecule is O=C(CCc1ccc2ccccc2c1)N1C2CCC1c1cn[nH]c1C2. The van der Waals surface area contributed by atoms with E-state index in [9.17, 15) is 4.79 Å². The molecule has 2 aliphatic rings. The largest absolute Gasteiger partial charge is 0.332 e. The minimum absolute atomic E-state index is 0.233. The standard InChI is InChI=1S/C21H21N3O/c25-21(10-6-14-5-7-15-3-1-2-4-16(15)11-14)24-17-8-9-20(24)18-13-22-23-19(18)12-17/h1-5,7,11,13,17,20H,6,8-10,12H2,(H,22,23). The monoisotopic (exact) mass is 331 g/mol. The van der Waals surface area contributed by atoms with Crippen molar-refractivity contribution in [2.24, 2.45) is 0 Å². The summed E-state index contributed by atoms with van der Waals surface area (Å²) in [5, 5.41) is 9.77. The number of aromatic amines is 1. The normalized spacial score (nSPS) is 21.5. The number of rotatable bonds is 3. The van der Waals surface area contributed by atoms with Crippen molar-refractivity contribution in [3.05, 3.63) is 65.5 Å². The summed E-state index contributed by atoms with van der Waals surface area (Å²) in [6.45, 7) is 0. The highest BCUT2D eigenvalue weighted by molar-refractivity contribution is 5.83. The molecule has 2 atom stereocenters. The van der Waals surface area contributed by atoms with E-state index in [0.717, 1.165) is 25.7 Å². The highest BCUT2D eigenvalue weighted by atomic mass is 16.2. The predicted molar refractivity (Wildman–Crippen MR) is 97.2 cm³/mol. The molecule has 126 valence electrons. The Morgan fingerprint density at radius 2 is 2.04 bits per heavy atom. The van der Waals surface area contributed by atoms with Gasteiger partial charge in [0.1, 0.15) is 0 Å². The number of aryl methyl sites for hydroxylation is 1. The zero-order valence-electron chi connectivity index (χ0n) is 14.1. The Kier molecular flexibility index (Phi) is 3.37. The number of fused-ring (bicyclic) bond motifs is 5. The van der Waals surface area contributed by atoms with Crippen LogP contribution in [0.1, 0.15) is 42.1 Å². The summed E-state index contributed by atoms with van der Waals surface area (Å²) in [6, 6.07) is 15.5. The lowest BCUT2D eigenvalue weighted by atomic mass is 9.98.